The average Bonchev–Trinajstić information content (AvgIpc) is 2.99. The fourth-order valence-electron chi connectivity index (χ4n) is 8.37. The zero-order valence-corrected chi connectivity index (χ0v) is 26.0. The second-order valence-corrected chi connectivity index (χ2v) is 14.0. The van der Waals surface area contributed by atoms with Crippen LogP contribution in [-0.4, -0.2) is 226 Å². The third kappa shape index (κ3) is 6.61. The van der Waals surface area contributed by atoms with E-state index in [2.05, 4.69) is 29.4 Å². The topological polar surface area (TPSA) is 199 Å². The zero-order valence-electron chi connectivity index (χ0n) is 26.0. The molecule has 0 saturated carbocycles. The van der Waals surface area contributed by atoms with Crippen molar-refractivity contribution < 1.29 is 49.3 Å². The van der Waals surface area contributed by atoms with Crippen LogP contribution < -0.4 is 0 Å². The van der Waals surface area contributed by atoms with Crippen LogP contribution in [0.15, 0.2) is 9.98 Å². The van der Waals surface area contributed by atoms with Gasteiger partial charge in [0, 0.05) is 52.4 Å². The minimum Gasteiger partial charge on any atom is -0.457 e. The normalized spacial score (nSPS) is 47.9. The summed E-state index contributed by atoms with van der Waals surface area (Å²) in [4.78, 5) is 35.3. The van der Waals surface area contributed by atoms with Crippen molar-refractivity contribution in [2.45, 2.75) is 67.2 Å². The molecule has 0 aromatic heterocycles. The molecule has 0 amide bonds. The van der Waals surface area contributed by atoms with Gasteiger partial charge in [-0.05, 0) is 0 Å². The number of nitrogens with zero attached hydrogens (tertiary/aromatic N) is 8. The highest BCUT2D eigenvalue weighted by Crippen LogP contribution is 2.33. The van der Waals surface area contributed by atoms with Gasteiger partial charge in [-0.25, -0.2) is 0 Å². The molecule has 0 aliphatic carbocycles. The van der Waals surface area contributed by atoms with Crippen LogP contribution in [0.3, 0.4) is 0 Å². The van der Waals surface area contributed by atoms with Gasteiger partial charge in [-0.2, -0.15) is 0 Å². The predicted molar refractivity (Wildman–Crippen MR) is 158 cm³/mol. The Morgan fingerprint density at radius 2 is 1.33 bits per heavy atom. The van der Waals surface area contributed by atoms with Gasteiger partial charge in [-0.3, -0.25) is 44.2 Å². The second-order valence-electron chi connectivity index (χ2n) is 14.0. The van der Waals surface area contributed by atoms with E-state index in [0.717, 1.165) is 86.2 Å². The summed E-state index contributed by atoms with van der Waals surface area (Å²) in [7, 11) is 0. The van der Waals surface area contributed by atoms with Gasteiger partial charge < -0.3 is 44.5 Å². The molecule has 0 aromatic rings. The molecule has 5 N–H and O–H groups in total. The van der Waals surface area contributed by atoms with Crippen molar-refractivity contribution in [1.82, 2.24) is 29.4 Å². The molecule has 18 heteroatoms. The Hall–Kier alpha value is -1.75. The summed E-state index contributed by atoms with van der Waals surface area (Å²) in [6, 6.07) is 0. The Bertz CT molecular complexity index is 1110. The van der Waals surface area contributed by atoms with Crippen molar-refractivity contribution in [2.75, 3.05) is 92.5 Å². The summed E-state index contributed by atoms with van der Waals surface area (Å²) in [5.74, 6) is -0.747. The summed E-state index contributed by atoms with van der Waals surface area (Å²) in [6.07, 6.45) is -8.36. The lowest BCUT2D eigenvalue weighted by molar-refractivity contribution is -0.315. The van der Waals surface area contributed by atoms with Crippen molar-refractivity contribution in [3.8, 4) is 0 Å². The van der Waals surface area contributed by atoms with Crippen LogP contribution in [0.5, 0.6) is 0 Å². The predicted octanol–water partition coefficient (Wildman–Crippen LogP) is -5.30. The SMILES string of the molecule is CC(=O)O[C@H]1[C@@H](O)[C@@H](CO)O[C@@H](O[C@H](C=NC23CN4CN(CN(C4)C2)C3)[C@H](CO)O[C@H](O)C=NC23CN4CN(CN(C4)C2)C3)[C@@H]1O. The Morgan fingerprint density at radius 1 is 0.848 bits per heavy atom. The van der Waals surface area contributed by atoms with E-state index in [4.69, 9.17) is 28.9 Å². The summed E-state index contributed by atoms with van der Waals surface area (Å²) in [6.45, 7) is 9.68. The van der Waals surface area contributed by atoms with Crippen LogP contribution in [0.1, 0.15) is 6.92 Å². The monoisotopic (exact) mass is 654 g/mol. The van der Waals surface area contributed by atoms with E-state index >= 15 is 0 Å². The summed E-state index contributed by atoms with van der Waals surface area (Å²) in [5, 5.41) is 52.9. The van der Waals surface area contributed by atoms with Crippen LogP contribution in [0.25, 0.3) is 0 Å². The van der Waals surface area contributed by atoms with Crippen LogP contribution >= 0.6 is 0 Å². The number of ether oxygens (including phenoxy) is 4. The highest BCUT2D eigenvalue weighted by Gasteiger charge is 2.51. The number of carbonyl (C=O) groups excluding carboxylic acids is 1. The maximum Gasteiger partial charge on any atom is 0.303 e. The van der Waals surface area contributed by atoms with Gasteiger partial charge in [-0.1, -0.05) is 0 Å². The second kappa shape index (κ2) is 12.9. The van der Waals surface area contributed by atoms with E-state index in [1.54, 1.807) is 0 Å². The molecule has 9 aliphatic heterocycles. The highest BCUT2D eigenvalue weighted by molar-refractivity contribution is 5.66. The highest BCUT2D eigenvalue weighted by atomic mass is 16.7. The van der Waals surface area contributed by atoms with Crippen molar-refractivity contribution in [1.29, 1.82) is 0 Å². The lowest BCUT2D eigenvalue weighted by atomic mass is 9.91. The molecule has 258 valence electrons. The van der Waals surface area contributed by atoms with Gasteiger partial charge in [0.2, 0.25) is 0 Å². The Labute approximate surface area is 266 Å². The smallest absolute Gasteiger partial charge is 0.303 e. The lowest BCUT2D eigenvalue weighted by Gasteiger charge is -2.59. The number of esters is 1. The van der Waals surface area contributed by atoms with Gasteiger partial charge in [0.1, 0.15) is 30.5 Å². The third-order valence-corrected chi connectivity index (χ3v) is 9.75. The first-order valence-electron chi connectivity index (χ1n) is 15.9. The van der Waals surface area contributed by atoms with Gasteiger partial charge in [-0.15, -0.1) is 0 Å². The molecule has 9 saturated heterocycles. The molecule has 0 radical (unpaired) electrons. The third-order valence-electron chi connectivity index (χ3n) is 9.75. The maximum atomic E-state index is 11.8. The number of rotatable bonds is 12. The number of hydrogen-bond acceptors (Lipinski definition) is 18. The van der Waals surface area contributed by atoms with Crippen LogP contribution in [-0.2, 0) is 23.7 Å². The van der Waals surface area contributed by atoms with Gasteiger partial charge in [0.25, 0.3) is 0 Å². The molecule has 9 rings (SSSR count). The Morgan fingerprint density at radius 3 is 1.76 bits per heavy atom. The molecule has 9 heterocycles. The molecule has 9 fully saturated rings. The van der Waals surface area contributed by atoms with E-state index in [-0.39, 0.29) is 0 Å². The van der Waals surface area contributed by atoms with E-state index in [1.165, 1.54) is 12.4 Å². The molecule has 8 atom stereocenters. The van der Waals surface area contributed by atoms with E-state index in [9.17, 15) is 30.3 Å². The molecular weight excluding hydrogens is 608 g/mol. The number of aliphatic hydroxyl groups is 5. The largest absolute Gasteiger partial charge is 0.457 e. The fraction of sp³-hybridized carbons (Fsp3) is 0.893. The minimum atomic E-state index is -1.65. The van der Waals surface area contributed by atoms with E-state index in [0.29, 0.717) is 0 Å². The van der Waals surface area contributed by atoms with Crippen LogP contribution in [0.4, 0.5) is 0 Å². The van der Waals surface area contributed by atoms with E-state index < -0.39 is 79.5 Å². The van der Waals surface area contributed by atoms with Crippen molar-refractivity contribution in [2.24, 2.45) is 9.98 Å². The summed E-state index contributed by atoms with van der Waals surface area (Å²) >= 11 is 0. The molecular formula is C28H46N8O10. The minimum absolute atomic E-state index is 0.393. The number of aliphatic hydroxyl groups excluding tert-OH is 5. The van der Waals surface area contributed by atoms with Gasteiger partial charge >= 0.3 is 5.97 Å². The molecule has 8 bridgehead atoms. The van der Waals surface area contributed by atoms with Crippen molar-refractivity contribution >= 4 is 18.4 Å². The first kappa shape index (κ1) is 32.8. The lowest BCUT2D eigenvalue weighted by Crippen LogP contribution is -2.75. The molecule has 18 nitrogen and oxygen atoms in total. The first-order chi connectivity index (χ1) is 22.0. The molecule has 0 unspecified atom stereocenters. The quantitative estimate of drug-likeness (QED) is 0.0759. The zero-order chi connectivity index (χ0) is 32.2. The number of hydrogen-bond donors (Lipinski definition) is 5. The molecule has 9 aliphatic rings. The van der Waals surface area contributed by atoms with Crippen LogP contribution in [0.2, 0.25) is 0 Å². The maximum absolute atomic E-state index is 11.8. The van der Waals surface area contributed by atoms with Gasteiger partial charge in [0.05, 0.1) is 70.5 Å². The number of carbonyl (C=O) groups is 1. The van der Waals surface area contributed by atoms with E-state index in [1.807, 2.05) is 0 Å². The Kier molecular flexibility index (Phi) is 9.22. The number of aliphatic imine (C=N–C) groups is 2. The summed E-state index contributed by atoms with van der Waals surface area (Å²) < 4.78 is 22.9. The Balaban J connectivity index is 1.10. The van der Waals surface area contributed by atoms with Crippen molar-refractivity contribution in [3.05, 3.63) is 0 Å². The van der Waals surface area contributed by atoms with Gasteiger partial charge in [0.15, 0.2) is 18.7 Å². The molecule has 0 aromatic carbocycles. The molecule has 46 heavy (non-hydrogen) atoms. The first-order valence-corrected chi connectivity index (χ1v) is 15.9. The van der Waals surface area contributed by atoms with Crippen molar-refractivity contribution in [3.63, 3.8) is 0 Å². The van der Waals surface area contributed by atoms with Crippen LogP contribution in [0, 0.1) is 0 Å². The average molecular weight is 655 g/mol. The fourth-order valence-corrected chi connectivity index (χ4v) is 8.37. The standard InChI is InChI=1S/C28H46N8O10/c1-18(39)43-25-23(41)21(5-38)46-26(24(25)42)45-19(2-29-27-6-31-12-32(7-27)14-33(8-27)13-31)20(4-37)44-22(40)3-30-28-9-34-15-35(10-28)17-36(11-28)16-34/h2-3,19-26,37-38,40-42H,4-17H2,1H3/t19-,20+,21-,22+,23+,24-,25+,26-/m1/s1. The summed E-state index contributed by atoms with van der Waals surface area (Å²) in [5.41, 5.74) is -0.860. The molecule has 0 spiro atoms.